The van der Waals surface area contributed by atoms with Gasteiger partial charge in [0.1, 0.15) is 11.7 Å². The van der Waals surface area contributed by atoms with Gasteiger partial charge in [-0.1, -0.05) is 64.1 Å². The Morgan fingerprint density at radius 2 is 1.70 bits per heavy atom. The van der Waals surface area contributed by atoms with Gasteiger partial charge in [-0.2, -0.15) is 9.97 Å². The van der Waals surface area contributed by atoms with Crippen molar-refractivity contribution >= 4 is 40.5 Å². The fourth-order valence-corrected chi connectivity index (χ4v) is 6.64. The quantitative estimate of drug-likeness (QED) is 0.282. The Kier molecular flexibility index (Phi) is 6.48. The Morgan fingerprint density at radius 1 is 1.05 bits per heavy atom. The number of carbonyl (C=O) groups is 2. The summed E-state index contributed by atoms with van der Waals surface area (Å²) in [6.07, 6.45) is 3.06. The SMILES string of the molecule is CC[C@]12O[C@@H](n3cnc4c(OC(=O)N(c5ccccc5)c5ccccc5)nc(NC(=O)C(C)C)nc43)[C@@H](OC13CC3)C2C. The maximum absolute atomic E-state index is 13.8. The van der Waals surface area contributed by atoms with Gasteiger partial charge >= 0.3 is 6.09 Å². The number of hydrogen-bond acceptors (Lipinski definition) is 8. The Labute approximate surface area is 249 Å². The van der Waals surface area contributed by atoms with Crippen molar-refractivity contribution in [1.29, 1.82) is 0 Å². The standard InChI is InChI=1S/C32H34N6O5/c1-5-32-20(4)24(42-31(32)16-17-31)28(43-32)37-18-33-23-25(37)34-29(35-26(39)19(2)3)36-27(23)41-30(40)38(21-12-8-6-9-13-21)22-14-10-7-11-15-22/h6-15,18-20,24,28H,5,16-17H2,1-4H3,(H,34,35,36,39)/t20?,24-,28+,32+/m0/s1. The van der Waals surface area contributed by atoms with Crippen LogP contribution >= 0.6 is 0 Å². The molecule has 2 amide bonds. The predicted molar refractivity (Wildman–Crippen MR) is 159 cm³/mol. The van der Waals surface area contributed by atoms with Gasteiger partial charge in [-0.05, 0) is 43.5 Å². The van der Waals surface area contributed by atoms with Crippen molar-refractivity contribution in [3.63, 3.8) is 0 Å². The number of ether oxygens (including phenoxy) is 3. The van der Waals surface area contributed by atoms with Crippen LogP contribution in [0.5, 0.6) is 5.88 Å². The van der Waals surface area contributed by atoms with E-state index in [2.05, 4.69) is 34.1 Å². The van der Waals surface area contributed by atoms with E-state index < -0.39 is 12.3 Å². The molecule has 4 heterocycles. The number of para-hydroxylation sites is 2. The lowest BCUT2D eigenvalue weighted by molar-refractivity contribution is -0.223. The lowest BCUT2D eigenvalue weighted by Crippen LogP contribution is -2.46. The highest BCUT2D eigenvalue weighted by atomic mass is 16.6. The number of nitrogens with one attached hydrogen (secondary N) is 1. The van der Waals surface area contributed by atoms with Gasteiger partial charge in [-0.3, -0.25) is 14.7 Å². The molecule has 11 nitrogen and oxygen atoms in total. The van der Waals surface area contributed by atoms with Crippen molar-refractivity contribution in [2.45, 2.75) is 70.5 Å². The Balaban J connectivity index is 1.29. The number of aromatic nitrogens is 4. The zero-order valence-electron chi connectivity index (χ0n) is 24.6. The topological polar surface area (TPSA) is 121 Å². The van der Waals surface area contributed by atoms with Gasteiger partial charge in [-0.25, -0.2) is 14.7 Å². The van der Waals surface area contributed by atoms with E-state index in [0.717, 1.165) is 19.3 Å². The third-order valence-electron chi connectivity index (χ3n) is 9.02. The number of carbonyl (C=O) groups excluding carboxylic acids is 2. The maximum Gasteiger partial charge on any atom is 0.425 e. The van der Waals surface area contributed by atoms with Crippen LogP contribution in [-0.4, -0.2) is 48.8 Å². The van der Waals surface area contributed by atoms with Gasteiger partial charge < -0.3 is 14.2 Å². The smallest absolute Gasteiger partial charge is 0.388 e. The van der Waals surface area contributed by atoms with Gasteiger partial charge in [0.25, 0.3) is 5.88 Å². The van der Waals surface area contributed by atoms with E-state index in [1.807, 2.05) is 60.7 Å². The molecule has 4 aromatic rings. The Morgan fingerprint density at radius 3 is 2.28 bits per heavy atom. The predicted octanol–water partition coefficient (Wildman–Crippen LogP) is 6.00. The first kappa shape index (κ1) is 27.5. The van der Waals surface area contributed by atoms with Crippen LogP contribution in [0.2, 0.25) is 0 Å². The first-order chi connectivity index (χ1) is 20.8. The highest BCUT2D eigenvalue weighted by molar-refractivity contribution is 5.98. The van der Waals surface area contributed by atoms with Gasteiger partial charge in [0.2, 0.25) is 11.9 Å². The number of benzene rings is 2. The summed E-state index contributed by atoms with van der Waals surface area (Å²) in [5, 5.41) is 2.75. The number of fused-ring (bicyclic) bond motifs is 4. The van der Waals surface area contributed by atoms with Gasteiger partial charge in [0.15, 0.2) is 17.4 Å². The molecular formula is C32H34N6O5. The lowest BCUT2D eigenvalue weighted by Gasteiger charge is -2.38. The van der Waals surface area contributed by atoms with E-state index in [1.165, 1.54) is 4.90 Å². The summed E-state index contributed by atoms with van der Waals surface area (Å²) in [5.74, 6) is -0.490. The molecule has 2 aliphatic heterocycles. The molecule has 3 aliphatic rings. The van der Waals surface area contributed by atoms with Crippen LogP contribution in [0.25, 0.3) is 11.2 Å². The van der Waals surface area contributed by atoms with Gasteiger partial charge in [0.05, 0.1) is 23.3 Å². The van der Waals surface area contributed by atoms with Crippen molar-refractivity contribution in [3.8, 4) is 5.88 Å². The van der Waals surface area contributed by atoms with Crippen LogP contribution in [0.4, 0.5) is 22.1 Å². The van der Waals surface area contributed by atoms with Crippen LogP contribution < -0.4 is 15.0 Å². The molecule has 1 spiro atoms. The minimum absolute atomic E-state index is 0.00251. The summed E-state index contributed by atoms with van der Waals surface area (Å²) >= 11 is 0. The van der Waals surface area contributed by atoms with Crippen LogP contribution in [-0.2, 0) is 14.3 Å². The maximum atomic E-state index is 13.8. The Hall–Kier alpha value is -4.35. The lowest BCUT2D eigenvalue weighted by atomic mass is 9.82. The molecule has 7 rings (SSSR count). The fourth-order valence-electron chi connectivity index (χ4n) is 6.64. The van der Waals surface area contributed by atoms with E-state index in [9.17, 15) is 9.59 Å². The van der Waals surface area contributed by atoms with Crippen molar-refractivity contribution < 1.29 is 23.8 Å². The molecule has 1 N–H and O–H groups in total. The summed E-state index contributed by atoms with van der Waals surface area (Å²) in [6, 6.07) is 18.4. The monoisotopic (exact) mass is 582 g/mol. The molecule has 2 saturated heterocycles. The molecule has 2 bridgehead atoms. The molecule has 3 fully saturated rings. The number of hydrogen-bond donors (Lipinski definition) is 1. The summed E-state index contributed by atoms with van der Waals surface area (Å²) in [7, 11) is 0. The van der Waals surface area contributed by atoms with E-state index in [1.54, 1.807) is 24.7 Å². The van der Waals surface area contributed by atoms with Crippen LogP contribution in [0.3, 0.4) is 0 Å². The average molecular weight is 583 g/mol. The molecule has 1 aliphatic carbocycles. The first-order valence-corrected chi connectivity index (χ1v) is 14.8. The van der Waals surface area contributed by atoms with Gasteiger partial charge in [0, 0.05) is 11.8 Å². The zero-order valence-corrected chi connectivity index (χ0v) is 24.6. The highest BCUT2D eigenvalue weighted by Crippen LogP contribution is 2.67. The van der Waals surface area contributed by atoms with E-state index >= 15 is 0 Å². The second kappa shape index (κ2) is 10.1. The van der Waals surface area contributed by atoms with Crippen LogP contribution in [0.1, 0.15) is 53.2 Å². The molecule has 11 heteroatoms. The van der Waals surface area contributed by atoms with Crippen LogP contribution in [0, 0.1) is 11.8 Å². The molecule has 2 aromatic carbocycles. The molecule has 1 unspecified atom stereocenters. The van der Waals surface area contributed by atoms with E-state index in [4.69, 9.17) is 14.2 Å². The minimum Gasteiger partial charge on any atom is -0.388 e. The van der Waals surface area contributed by atoms with E-state index in [0.29, 0.717) is 17.0 Å². The molecule has 2 aromatic heterocycles. The summed E-state index contributed by atoms with van der Waals surface area (Å²) in [4.78, 5) is 41.6. The molecular weight excluding hydrogens is 548 g/mol. The third kappa shape index (κ3) is 4.29. The Bertz CT molecular complexity index is 1650. The number of imidazole rings is 1. The summed E-state index contributed by atoms with van der Waals surface area (Å²) < 4.78 is 21.2. The van der Waals surface area contributed by atoms with Gasteiger partial charge in [-0.15, -0.1) is 0 Å². The molecule has 4 atom stereocenters. The number of amides is 2. The molecule has 0 radical (unpaired) electrons. The normalized spacial score (nSPS) is 24.9. The molecule has 1 saturated carbocycles. The second-order valence-electron chi connectivity index (χ2n) is 11.8. The zero-order chi connectivity index (χ0) is 29.9. The second-order valence-corrected chi connectivity index (χ2v) is 11.8. The van der Waals surface area contributed by atoms with Crippen molar-refractivity contribution in [1.82, 2.24) is 19.5 Å². The summed E-state index contributed by atoms with van der Waals surface area (Å²) in [5.41, 5.74) is 1.26. The highest BCUT2D eigenvalue weighted by Gasteiger charge is 2.76. The van der Waals surface area contributed by atoms with Crippen molar-refractivity contribution in [2.24, 2.45) is 11.8 Å². The van der Waals surface area contributed by atoms with E-state index in [-0.39, 0.29) is 52.4 Å². The fraction of sp³-hybridized carbons (Fsp3) is 0.406. The number of anilines is 3. The van der Waals surface area contributed by atoms with Crippen LogP contribution in [0.15, 0.2) is 67.0 Å². The third-order valence-corrected chi connectivity index (χ3v) is 9.02. The number of rotatable bonds is 7. The van der Waals surface area contributed by atoms with Crippen molar-refractivity contribution in [3.05, 3.63) is 67.0 Å². The van der Waals surface area contributed by atoms with Crippen molar-refractivity contribution in [2.75, 3.05) is 10.2 Å². The summed E-state index contributed by atoms with van der Waals surface area (Å²) in [6.45, 7) is 7.87. The number of nitrogens with zero attached hydrogens (tertiary/aromatic N) is 5. The first-order valence-electron chi connectivity index (χ1n) is 14.8. The average Bonchev–Trinajstić information content (AvgIpc) is 3.48. The largest absolute Gasteiger partial charge is 0.425 e. The molecule has 43 heavy (non-hydrogen) atoms. The molecule has 222 valence electrons. The minimum atomic E-state index is -0.693.